The van der Waals surface area contributed by atoms with E-state index >= 15 is 0 Å². The summed E-state index contributed by atoms with van der Waals surface area (Å²) in [5.41, 5.74) is -0.519. The molecule has 1 aromatic rings. The molecule has 0 saturated heterocycles. The van der Waals surface area contributed by atoms with Gasteiger partial charge in [0, 0.05) is 17.9 Å². The molecule has 2 N–H and O–H groups in total. The maximum Gasteiger partial charge on any atom is 0.306 e. The average Bonchev–Trinajstić information content (AvgIpc) is 3.11. The number of ether oxygens (including phenoxy) is 2. The molecular weight excluding hydrogens is 526 g/mol. The summed E-state index contributed by atoms with van der Waals surface area (Å²) in [6, 6.07) is 4.46. The van der Waals surface area contributed by atoms with Gasteiger partial charge in [-0.05, 0) is 43.2 Å². The molecule has 1 fully saturated rings. The molecule has 12 heteroatoms. The van der Waals surface area contributed by atoms with E-state index in [-0.39, 0.29) is 48.7 Å². The highest BCUT2D eigenvalue weighted by Crippen LogP contribution is 2.41. The Bertz CT molecular complexity index is 1310. The number of rotatable bonds is 11. The van der Waals surface area contributed by atoms with E-state index in [9.17, 15) is 39.5 Å². The van der Waals surface area contributed by atoms with Gasteiger partial charge in [-0.25, -0.2) is 0 Å². The maximum absolute atomic E-state index is 13.6. The molecular formula is C28H31NO11. The van der Waals surface area contributed by atoms with E-state index in [1.54, 1.807) is 0 Å². The van der Waals surface area contributed by atoms with Crippen molar-refractivity contribution in [1.29, 1.82) is 0 Å². The number of carbonyl (C=O) groups is 4. The number of allylic oxidation sites excluding steroid dienone is 3. The van der Waals surface area contributed by atoms with Crippen molar-refractivity contribution >= 4 is 23.3 Å². The smallest absolute Gasteiger partial charge is 0.306 e. The monoisotopic (exact) mass is 557 g/mol. The molecule has 2 atom stereocenters. The first kappa shape index (κ1) is 30.1. The molecule has 2 unspecified atom stereocenters. The van der Waals surface area contributed by atoms with E-state index in [0.717, 1.165) is 0 Å². The van der Waals surface area contributed by atoms with Crippen LogP contribution in [0, 0.1) is 22.0 Å². The van der Waals surface area contributed by atoms with Crippen molar-refractivity contribution in [2.45, 2.75) is 45.4 Å². The first-order valence-corrected chi connectivity index (χ1v) is 12.7. The number of ketones is 3. The molecule has 40 heavy (non-hydrogen) atoms. The third-order valence-electron chi connectivity index (χ3n) is 7.06. The van der Waals surface area contributed by atoms with Crippen LogP contribution < -0.4 is 4.74 Å². The van der Waals surface area contributed by atoms with E-state index in [2.05, 4.69) is 11.4 Å². The molecule has 1 saturated carbocycles. The molecule has 0 bridgehead atoms. The van der Waals surface area contributed by atoms with Crippen molar-refractivity contribution in [3.05, 3.63) is 74.3 Å². The van der Waals surface area contributed by atoms with E-state index in [4.69, 9.17) is 9.47 Å². The van der Waals surface area contributed by atoms with Crippen LogP contribution in [0.15, 0.2) is 53.0 Å². The minimum Gasteiger partial charge on any atom is -0.508 e. The predicted molar refractivity (Wildman–Crippen MR) is 139 cm³/mol. The van der Waals surface area contributed by atoms with Gasteiger partial charge in [0.25, 0.3) is 5.09 Å². The van der Waals surface area contributed by atoms with Crippen LogP contribution in [0.25, 0.3) is 0 Å². The first-order chi connectivity index (χ1) is 19.0. The van der Waals surface area contributed by atoms with Crippen molar-refractivity contribution in [2.24, 2.45) is 11.8 Å². The highest BCUT2D eigenvalue weighted by Gasteiger charge is 2.39. The van der Waals surface area contributed by atoms with Crippen LogP contribution in [0.4, 0.5) is 0 Å². The maximum atomic E-state index is 13.6. The molecule has 1 aromatic carbocycles. The van der Waals surface area contributed by atoms with Crippen LogP contribution in [0.1, 0.15) is 66.2 Å². The van der Waals surface area contributed by atoms with Crippen molar-refractivity contribution in [1.82, 2.24) is 0 Å². The summed E-state index contributed by atoms with van der Waals surface area (Å²) in [7, 11) is 1.34. The third-order valence-corrected chi connectivity index (χ3v) is 7.06. The summed E-state index contributed by atoms with van der Waals surface area (Å²) >= 11 is 0. The number of nitrogens with zero attached hydrogens (tertiary/aromatic N) is 1. The van der Waals surface area contributed by atoms with Gasteiger partial charge in [-0.1, -0.05) is 32.1 Å². The molecule has 0 aromatic heterocycles. The Hall–Kier alpha value is -4.48. The zero-order chi connectivity index (χ0) is 29.6. The quantitative estimate of drug-likeness (QED) is 0.0995. The SMILES string of the molecule is C=C(O)C1=C(/C(O)=C2/CC(C(=O)COC(=O)CCCO[N+](=O)[O-])CCCC2C)C(=O)c2cccc(OC)c2C1=O. The standard InChI is InChI=1S/C28H31NO11/c1-15-7-4-8-17(20(31)14-39-22(32)11-6-12-40-29(36)37)13-19(15)27(34)25-23(16(2)30)28(35)24-18(26(25)33)9-5-10-21(24)38-3/h5,9-10,15,17,30,34H,2,4,6-8,11-14H2,1,3H3/b27-19+. The van der Waals surface area contributed by atoms with Crippen LogP contribution in [-0.4, -0.2) is 58.9 Å². The summed E-state index contributed by atoms with van der Waals surface area (Å²) in [5.74, 6) is -4.49. The highest BCUT2D eigenvalue weighted by atomic mass is 16.9. The van der Waals surface area contributed by atoms with Crippen LogP contribution >= 0.6 is 0 Å². The van der Waals surface area contributed by atoms with Crippen LogP contribution in [0.5, 0.6) is 5.75 Å². The lowest BCUT2D eigenvalue weighted by Gasteiger charge is -2.24. The Morgan fingerprint density at radius 1 is 1.15 bits per heavy atom. The summed E-state index contributed by atoms with van der Waals surface area (Å²) in [5, 5.41) is 31.0. The second-order valence-electron chi connectivity index (χ2n) is 9.63. The summed E-state index contributed by atoms with van der Waals surface area (Å²) in [6.45, 7) is 4.46. The number of aliphatic hydroxyl groups excluding tert-OH is 2. The Kier molecular flexibility index (Phi) is 9.81. The van der Waals surface area contributed by atoms with Gasteiger partial charge in [0.2, 0.25) is 5.78 Å². The zero-order valence-corrected chi connectivity index (χ0v) is 22.3. The van der Waals surface area contributed by atoms with E-state index in [1.165, 1.54) is 25.3 Å². The molecule has 0 radical (unpaired) electrons. The lowest BCUT2D eigenvalue weighted by molar-refractivity contribution is -0.757. The number of methoxy groups -OCH3 is 1. The van der Waals surface area contributed by atoms with Crippen LogP contribution in [-0.2, 0) is 19.2 Å². The van der Waals surface area contributed by atoms with Crippen molar-refractivity contribution < 1.29 is 48.8 Å². The number of hydrogen-bond donors (Lipinski definition) is 2. The molecule has 0 spiro atoms. The van der Waals surface area contributed by atoms with Crippen LogP contribution in [0.3, 0.4) is 0 Å². The molecule has 0 amide bonds. The van der Waals surface area contributed by atoms with Crippen LogP contribution in [0.2, 0.25) is 0 Å². The lowest BCUT2D eigenvalue weighted by Crippen LogP contribution is -2.26. The van der Waals surface area contributed by atoms with Gasteiger partial charge in [-0.3, -0.25) is 19.2 Å². The van der Waals surface area contributed by atoms with Gasteiger partial charge < -0.3 is 24.5 Å². The van der Waals surface area contributed by atoms with Crippen molar-refractivity contribution in [3.63, 3.8) is 0 Å². The topological polar surface area (TPSA) is 180 Å². The molecule has 12 nitrogen and oxygen atoms in total. The number of esters is 1. The average molecular weight is 558 g/mol. The number of hydrogen-bond acceptors (Lipinski definition) is 11. The van der Waals surface area contributed by atoms with Gasteiger partial charge in [0.15, 0.2) is 11.6 Å². The second-order valence-corrected chi connectivity index (χ2v) is 9.63. The largest absolute Gasteiger partial charge is 0.508 e. The van der Waals surface area contributed by atoms with Crippen molar-refractivity contribution in [3.8, 4) is 5.75 Å². The zero-order valence-electron chi connectivity index (χ0n) is 22.3. The number of Topliss-reactive ketones (excluding diaryl/α,β-unsaturated/α-hetero) is 3. The van der Waals surface area contributed by atoms with Gasteiger partial charge in [-0.15, -0.1) is 10.1 Å². The Morgan fingerprint density at radius 2 is 1.88 bits per heavy atom. The van der Waals surface area contributed by atoms with E-state index in [0.29, 0.717) is 24.8 Å². The number of benzene rings is 1. The Labute approximate surface area is 230 Å². The Morgan fingerprint density at radius 3 is 2.52 bits per heavy atom. The molecule has 0 aliphatic heterocycles. The summed E-state index contributed by atoms with van der Waals surface area (Å²) in [6.07, 6.45) is 1.56. The summed E-state index contributed by atoms with van der Waals surface area (Å²) in [4.78, 5) is 66.1. The third kappa shape index (κ3) is 6.56. The molecule has 2 aliphatic rings. The predicted octanol–water partition coefficient (Wildman–Crippen LogP) is 4.18. The minimum absolute atomic E-state index is 0.000857. The Balaban J connectivity index is 1.87. The molecule has 214 valence electrons. The molecule has 2 aliphatic carbocycles. The van der Waals surface area contributed by atoms with Gasteiger partial charge >= 0.3 is 5.97 Å². The van der Waals surface area contributed by atoms with E-state index < -0.39 is 63.6 Å². The molecule has 3 rings (SSSR count). The fourth-order valence-corrected chi connectivity index (χ4v) is 4.99. The van der Waals surface area contributed by atoms with Gasteiger partial charge in [0.05, 0.1) is 30.4 Å². The minimum atomic E-state index is -0.968. The summed E-state index contributed by atoms with van der Waals surface area (Å²) < 4.78 is 10.3. The van der Waals surface area contributed by atoms with Gasteiger partial charge in [0.1, 0.15) is 23.9 Å². The highest BCUT2D eigenvalue weighted by molar-refractivity contribution is 6.30. The molecule has 0 heterocycles. The normalized spacial score (nSPS) is 20.2. The fraction of sp³-hybridized carbons (Fsp3) is 0.429. The fourth-order valence-electron chi connectivity index (χ4n) is 4.99. The number of carbonyl (C=O) groups excluding carboxylic acids is 4. The number of aliphatic hydroxyl groups is 2. The first-order valence-electron chi connectivity index (χ1n) is 12.7. The van der Waals surface area contributed by atoms with E-state index in [1.807, 2.05) is 6.92 Å². The van der Waals surface area contributed by atoms with Gasteiger partial charge in [-0.2, -0.15) is 0 Å². The van der Waals surface area contributed by atoms with Crippen molar-refractivity contribution in [2.75, 3.05) is 20.3 Å². The lowest BCUT2D eigenvalue weighted by atomic mass is 9.79. The second kappa shape index (κ2) is 13.0. The number of fused-ring (bicyclic) bond motifs is 1.